The van der Waals surface area contributed by atoms with Crippen LogP contribution in [0.15, 0.2) is 30.6 Å². The minimum absolute atomic E-state index is 0.0856. The lowest BCUT2D eigenvalue weighted by Crippen LogP contribution is -2.48. The van der Waals surface area contributed by atoms with Gasteiger partial charge in [0.2, 0.25) is 0 Å². The smallest absolute Gasteiger partial charge is 0.261 e. The van der Waals surface area contributed by atoms with E-state index in [9.17, 15) is 18.0 Å². The van der Waals surface area contributed by atoms with Crippen molar-refractivity contribution in [3.63, 3.8) is 0 Å². The minimum atomic E-state index is -2.75. The first-order valence-corrected chi connectivity index (χ1v) is 10.5. The van der Waals surface area contributed by atoms with Crippen molar-refractivity contribution in [2.75, 3.05) is 24.7 Å². The first kappa shape index (κ1) is 21.4. The summed E-state index contributed by atoms with van der Waals surface area (Å²) in [6.45, 7) is 3.97. The number of aromatic nitrogens is 3. The van der Waals surface area contributed by atoms with Crippen LogP contribution in [0.5, 0.6) is 11.5 Å². The molecule has 0 aliphatic carbocycles. The van der Waals surface area contributed by atoms with Crippen LogP contribution in [0.2, 0.25) is 0 Å². The molecule has 0 saturated heterocycles. The number of amides is 1. The van der Waals surface area contributed by atoms with Gasteiger partial charge in [-0.05, 0) is 18.2 Å². The Hall–Kier alpha value is -3.50. The van der Waals surface area contributed by atoms with E-state index >= 15 is 0 Å². The van der Waals surface area contributed by atoms with Crippen molar-refractivity contribution < 1.29 is 27.4 Å². The van der Waals surface area contributed by atoms with E-state index in [1.807, 2.05) is 13.8 Å². The van der Waals surface area contributed by atoms with E-state index in [-0.39, 0.29) is 42.5 Å². The maximum absolute atomic E-state index is 14.1. The summed E-state index contributed by atoms with van der Waals surface area (Å²) in [5.41, 5.74) is 0.350. The average molecular weight is 461 g/mol. The molecular formula is C22H22F3N5O3. The molecule has 174 valence electrons. The number of carbonyl (C=O) groups is 1. The molecule has 0 saturated carbocycles. The lowest BCUT2D eigenvalue weighted by molar-refractivity contribution is 0.0764. The van der Waals surface area contributed by atoms with Gasteiger partial charge in [0.25, 0.3) is 12.3 Å². The number of halogens is 3. The summed E-state index contributed by atoms with van der Waals surface area (Å²) in [5.74, 6) is -0.157. The quantitative estimate of drug-likeness (QED) is 0.600. The molecule has 8 nitrogen and oxygen atoms in total. The second kappa shape index (κ2) is 7.82. The van der Waals surface area contributed by atoms with E-state index in [0.29, 0.717) is 17.9 Å². The molecule has 0 spiro atoms. The molecule has 33 heavy (non-hydrogen) atoms. The molecule has 11 heteroatoms. The summed E-state index contributed by atoms with van der Waals surface area (Å²) in [6, 6.07) is 2.69. The van der Waals surface area contributed by atoms with Gasteiger partial charge in [0.15, 0.2) is 17.2 Å². The van der Waals surface area contributed by atoms with Crippen LogP contribution >= 0.6 is 0 Å². The molecule has 1 aromatic carbocycles. The van der Waals surface area contributed by atoms with E-state index < -0.39 is 29.6 Å². The van der Waals surface area contributed by atoms with Crippen molar-refractivity contribution in [1.29, 1.82) is 0 Å². The highest BCUT2D eigenvalue weighted by Crippen LogP contribution is 2.37. The number of hydrogen-bond donors (Lipinski definition) is 1. The van der Waals surface area contributed by atoms with E-state index in [1.54, 1.807) is 0 Å². The highest BCUT2D eigenvalue weighted by Gasteiger charge is 2.37. The topological polar surface area (TPSA) is 81.0 Å². The zero-order valence-corrected chi connectivity index (χ0v) is 18.0. The molecule has 2 bridgehead atoms. The molecule has 3 aromatic rings. The molecule has 0 fully saturated rings. The molecule has 2 aliphatic heterocycles. The third-order valence-corrected chi connectivity index (χ3v) is 5.77. The summed E-state index contributed by atoms with van der Waals surface area (Å²) in [7, 11) is 0. The van der Waals surface area contributed by atoms with E-state index in [1.165, 1.54) is 40.0 Å². The van der Waals surface area contributed by atoms with Crippen molar-refractivity contribution in [2.45, 2.75) is 32.9 Å². The Morgan fingerprint density at radius 2 is 2.06 bits per heavy atom. The maximum atomic E-state index is 14.1. The largest absolute Gasteiger partial charge is 0.493 e. The molecule has 5 rings (SSSR count). The minimum Gasteiger partial charge on any atom is -0.493 e. The van der Waals surface area contributed by atoms with E-state index in [0.717, 1.165) is 0 Å². The van der Waals surface area contributed by atoms with Crippen LogP contribution in [0.4, 0.5) is 19.0 Å². The first-order chi connectivity index (χ1) is 15.7. The zero-order chi connectivity index (χ0) is 23.3. The van der Waals surface area contributed by atoms with Gasteiger partial charge in [0.05, 0.1) is 19.0 Å². The van der Waals surface area contributed by atoms with Crippen molar-refractivity contribution in [3.05, 3.63) is 47.5 Å². The van der Waals surface area contributed by atoms with Crippen molar-refractivity contribution in [2.24, 2.45) is 5.41 Å². The van der Waals surface area contributed by atoms with Crippen molar-refractivity contribution in [3.8, 4) is 11.5 Å². The normalized spacial score (nSPS) is 20.1. The molecule has 1 unspecified atom stereocenters. The number of ether oxygens (including phenoxy) is 2. The molecular weight excluding hydrogens is 439 g/mol. The van der Waals surface area contributed by atoms with E-state index in [4.69, 9.17) is 9.47 Å². The predicted molar refractivity (Wildman–Crippen MR) is 112 cm³/mol. The number of rotatable bonds is 1. The van der Waals surface area contributed by atoms with Crippen LogP contribution < -0.4 is 19.7 Å². The third-order valence-electron chi connectivity index (χ3n) is 5.77. The lowest BCUT2D eigenvalue weighted by atomic mass is 9.94. The Labute approximate surface area is 187 Å². The molecule has 2 aliphatic rings. The highest BCUT2D eigenvalue weighted by molar-refractivity contribution is 5.99. The summed E-state index contributed by atoms with van der Waals surface area (Å²) < 4.78 is 55.0. The number of nitrogens with one attached hydrogen (secondary N) is 1. The molecule has 1 N–H and O–H groups in total. The van der Waals surface area contributed by atoms with Crippen LogP contribution in [-0.2, 0) is 6.54 Å². The van der Waals surface area contributed by atoms with Gasteiger partial charge in [0, 0.05) is 24.1 Å². The lowest BCUT2D eigenvalue weighted by Gasteiger charge is -2.37. The summed E-state index contributed by atoms with van der Waals surface area (Å²) >= 11 is 0. The van der Waals surface area contributed by atoms with Crippen LogP contribution in [0.25, 0.3) is 5.65 Å². The van der Waals surface area contributed by atoms with Gasteiger partial charge in [-0.1, -0.05) is 13.8 Å². The molecule has 0 radical (unpaired) electrons. The average Bonchev–Trinajstić information content (AvgIpc) is 3.18. The number of anilines is 1. The second-order valence-electron chi connectivity index (χ2n) is 8.98. The molecule has 2 aromatic heterocycles. The van der Waals surface area contributed by atoms with Gasteiger partial charge >= 0.3 is 0 Å². The Bertz CT molecular complexity index is 1230. The number of alkyl halides is 2. The maximum Gasteiger partial charge on any atom is 0.261 e. The highest BCUT2D eigenvalue weighted by atomic mass is 19.3. The summed E-state index contributed by atoms with van der Waals surface area (Å²) in [4.78, 5) is 18.7. The van der Waals surface area contributed by atoms with Gasteiger partial charge in [-0.2, -0.15) is 5.10 Å². The van der Waals surface area contributed by atoms with Crippen LogP contribution in [0, 0.1) is 11.2 Å². The third kappa shape index (κ3) is 3.91. The fourth-order valence-electron chi connectivity index (χ4n) is 3.91. The Balaban J connectivity index is 1.70. The Morgan fingerprint density at radius 1 is 1.24 bits per heavy atom. The van der Waals surface area contributed by atoms with Gasteiger partial charge in [-0.25, -0.2) is 22.7 Å². The fraction of sp³-hybridized carbons (Fsp3) is 0.409. The standard InChI is InChI=1S/C22H22F3N5O3/c1-22(2)10-26-21(31)14-6-27-30-8-17-20(28-19(14)30)29(15(9-32-17)18(24)25)7-12-5-13(23)3-4-16(12)33-11-22/h3-6,8,15,18H,7,9-11H2,1-2H3,(H,26,31). The molecule has 4 heterocycles. The van der Waals surface area contributed by atoms with Gasteiger partial charge in [-0.15, -0.1) is 0 Å². The van der Waals surface area contributed by atoms with E-state index in [2.05, 4.69) is 15.4 Å². The number of carbonyl (C=O) groups excluding carboxylic acids is 1. The Kier molecular flexibility index (Phi) is 5.06. The summed E-state index contributed by atoms with van der Waals surface area (Å²) in [6.07, 6.45) is 0.125. The first-order valence-electron chi connectivity index (χ1n) is 10.5. The Morgan fingerprint density at radius 3 is 2.85 bits per heavy atom. The monoisotopic (exact) mass is 461 g/mol. The number of benzene rings is 1. The predicted octanol–water partition coefficient (Wildman–Crippen LogP) is 3.05. The fourth-order valence-corrected chi connectivity index (χ4v) is 3.91. The zero-order valence-electron chi connectivity index (χ0n) is 18.0. The van der Waals surface area contributed by atoms with Crippen molar-refractivity contribution >= 4 is 17.4 Å². The molecule has 1 atom stereocenters. The van der Waals surface area contributed by atoms with Crippen molar-refractivity contribution in [1.82, 2.24) is 19.9 Å². The van der Waals surface area contributed by atoms with Gasteiger partial charge in [0.1, 0.15) is 29.8 Å². The number of fused-ring (bicyclic) bond motifs is 1. The molecule has 1 amide bonds. The summed E-state index contributed by atoms with van der Waals surface area (Å²) in [5, 5.41) is 7.03. The SMILES string of the molecule is CC1(C)CNC(=O)c2cnn3cc4c(nc23)N(Cc2cc(F)ccc2OC1)C(C(F)F)CO4. The van der Waals surface area contributed by atoms with Gasteiger partial charge in [-0.3, -0.25) is 4.79 Å². The number of nitrogens with zero attached hydrogens (tertiary/aromatic N) is 4. The second-order valence-corrected chi connectivity index (χ2v) is 8.98. The van der Waals surface area contributed by atoms with Gasteiger partial charge < -0.3 is 19.7 Å². The van der Waals surface area contributed by atoms with Crippen LogP contribution in [-0.4, -0.2) is 52.7 Å². The van der Waals surface area contributed by atoms with Crippen LogP contribution in [0.3, 0.4) is 0 Å². The number of hydrogen-bond acceptors (Lipinski definition) is 6. The van der Waals surface area contributed by atoms with Crippen LogP contribution in [0.1, 0.15) is 29.8 Å².